The van der Waals surface area contributed by atoms with Crippen LogP contribution in [0.1, 0.15) is 48.8 Å². The number of nitrogens with zero attached hydrogens (tertiary/aromatic N) is 2. The van der Waals surface area contributed by atoms with Crippen LogP contribution in [0.25, 0.3) is 11.5 Å². The van der Waals surface area contributed by atoms with E-state index in [1.807, 2.05) is 25.1 Å². The van der Waals surface area contributed by atoms with Crippen molar-refractivity contribution < 1.29 is 14.1 Å². The molecule has 25 heavy (non-hydrogen) atoms. The zero-order valence-electron chi connectivity index (χ0n) is 14.6. The van der Waals surface area contributed by atoms with Crippen LogP contribution in [-0.2, 0) is 4.74 Å². The highest BCUT2D eigenvalue weighted by Crippen LogP contribution is 2.57. The van der Waals surface area contributed by atoms with E-state index < -0.39 is 0 Å². The van der Waals surface area contributed by atoms with Crippen molar-refractivity contribution in [2.24, 2.45) is 5.41 Å². The molecule has 1 N–H and O–H groups in total. The summed E-state index contributed by atoms with van der Waals surface area (Å²) in [6.45, 7) is 4.52. The molecule has 1 aromatic heterocycles. The molecule has 1 aromatic carbocycles. The predicted octanol–water partition coefficient (Wildman–Crippen LogP) is 3.12. The molecule has 2 atom stereocenters. The van der Waals surface area contributed by atoms with E-state index in [2.05, 4.69) is 15.5 Å². The molecule has 0 aliphatic heterocycles. The summed E-state index contributed by atoms with van der Waals surface area (Å²) in [7, 11) is 0. The highest BCUT2D eigenvalue weighted by Gasteiger charge is 2.59. The molecule has 1 heterocycles. The van der Waals surface area contributed by atoms with Crippen molar-refractivity contribution in [1.29, 1.82) is 0 Å². The first-order valence-electron chi connectivity index (χ1n) is 8.96. The summed E-state index contributed by atoms with van der Waals surface area (Å²) in [5.41, 5.74) is 1.38. The largest absolute Gasteiger partial charge is 0.378 e. The molecule has 2 fully saturated rings. The number of aryl methyl sites for hydroxylation is 1. The quantitative estimate of drug-likeness (QED) is 0.904. The fourth-order valence-electron chi connectivity index (χ4n) is 4.15. The van der Waals surface area contributed by atoms with Crippen molar-refractivity contribution in [3.05, 3.63) is 35.7 Å². The fraction of sp³-hybridized carbons (Fsp3) is 0.526. The molecule has 1 amide bonds. The summed E-state index contributed by atoms with van der Waals surface area (Å²) in [6, 6.07) is 7.54. The fourth-order valence-corrected chi connectivity index (χ4v) is 4.15. The lowest BCUT2D eigenvalue weighted by Crippen LogP contribution is -2.67. The molecule has 0 bridgehead atoms. The van der Waals surface area contributed by atoms with Crippen molar-refractivity contribution >= 4 is 5.91 Å². The van der Waals surface area contributed by atoms with Gasteiger partial charge in [0.15, 0.2) is 5.82 Å². The summed E-state index contributed by atoms with van der Waals surface area (Å²) in [6.07, 6.45) is 4.65. The molecule has 0 saturated heterocycles. The van der Waals surface area contributed by atoms with Crippen molar-refractivity contribution in [1.82, 2.24) is 15.5 Å². The van der Waals surface area contributed by atoms with Gasteiger partial charge < -0.3 is 14.6 Å². The Bertz CT molecular complexity index is 782. The molecule has 2 aliphatic rings. The van der Waals surface area contributed by atoms with Gasteiger partial charge in [-0.1, -0.05) is 23.7 Å². The minimum absolute atomic E-state index is 0.0855. The van der Waals surface area contributed by atoms with E-state index in [0.29, 0.717) is 22.8 Å². The Hall–Kier alpha value is -2.21. The average molecular weight is 341 g/mol. The average Bonchev–Trinajstić information content (AvgIpc) is 2.98. The highest BCUT2D eigenvalue weighted by molar-refractivity contribution is 6.00. The van der Waals surface area contributed by atoms with E-state index in [-0.39, 0.29) is 23.5 Å². The lowest BCUT2D eigenvalue weighted by atomic mass is 9.51. The van der Waals surface area contributed by atoms with Crippen LogP contribution in [0.15, 0.2) is 28.8 Å². The van der Waals surface area contributed by atoms with Gasteiger partial charge in [-0.05, 0) is 45.2 Å². The molecular formula is C19H23N3O3. The summed E-state index contributed by atoms with van der Waals surface area (Å²) in [5, 5.41) is 7.05. The number of rotatable bonds is 5. The Balaban J connectivity index is 1.53. The predicted molar refractivity (Wildman–Crippen MR) is 92.0 cm³/mol. The SMILES string of the molecule is CCO[C@@H]1C[C@H](NC(=O)c2ccccc2-c2nc(C)no2)C12CCC2. The van der Waals surface area contributed by atoms with Gasteiger partial charge in [0.2, 0.25) is 0 Å². The van der Waals surface area contributed by atoms with Crippen LogP contribution in [0, 0.1) is 12.3 Å². The van der Waals surface area contributed by atoms with E-state index in [1.165, 1.54) is 6.42 Å². The number of nitrogens with one attached hydrogen (secondary N) is 1. The molecule has 4 rings (SSSR count). The second-order valence-electron chi connectivity index (χ2n) is 6.98. The minimum atomic E-state index is -0.0855. The second kappa shape index (κ2) is 6.26. The van der Waals surface area contributed by atoms with Crippen molar-refractivity contribution in [3.8, 4) is 11.5 Å². The van der Waals surface area contributed by atoms with Gasteiger partial charge >= 0.3 is 0 Å². The third kappa shape index (κ3) is 2.65. The van der Waals surface area contributed by atoms with E-state index in [4.69, 9.17) is 9.26 Å². The number of hydrogen-bond acceptors (Lipinski definition) is 5. The number of carbonyl (C=O) groups excluding carboxylic acids is 1. The zero-order chi connectivity index (χ0) is 17.4. The van der Waals surface area contributed by atoms with Crippen LogP contribution in [0.5, 0.6) is 0 Å². The van der Waals surface area contributed by atoms with Crippen molar-refractivity contribution in [2.45, 2.75) is 51.7 Å². The highest BCUT2D eigenvalue weighted by atomic mass is 16.5. The van der Waals surface area contributed by atoms with Gasteiger partial charge in [0.25, 0.3) is 11.8 Å². The zero-order valence-corrected chi connectivity index (χ0v) is 14.6. The monoisotopic (exact) mass is 341 g/mol. The molecule has 6 nitrogen and oxygen atoms in total. The molecule has 2 aliphatic carbocycles. The van der Waals surface area contributed by atoms with E-state index in [9.17, 15) is 4.79 Å². The number of aromatic nitrogens is 2. The summed E-state index contributed by atoms with van der Waals surface area (Å²) in [5.74, 6) is 0.845. The Morgan fingerprint density at radius 3 is 2.84 bits per heavy atom. The summed E-state index contributed by atoms with van der Waals surface area (Å²) >= 11 is 0. The van der Waals surface area contributed by atoms with Gasteiger partial charge in [0.1, 0.15) is 0 Å². The number of benzene rings is 1. The molecule has 1 spiro atoms. The van der Waals surface area contributed by atoms with Gasteiger partial charge in [-0.25, -0.2) is 0 Å². The number of hydrogen-bond donors (Lipinski definition) is 1. The minimum Gasteiger partial charge on any atom is -0.378 e. The van der Waals surface area contributed by atoms with Crippen LogP contribution in [0.3, 0.4) is 0 Å². The number of amides is 1. The van der Waals surface area contributed by atoms with Crippen LogP contribution < -0.4 is 5.32 Å². The maximum absolute atomic E-state index is 12.9. The van der Waals surface area contributed by atoms with Crippen LogP contribution in [0.4, 0.5) is 0 Å². The first kappa shape index (κ1) is 16.3. The maximum Gasteiger partial charge on any atom is 0.258 e. The Morgan fingerprint density at radius 2 is 2.20 bits per heavy atom. The molecule has 2 saturated carbocycles. The first-order chi connectivity index (χ1) is 12.1. The van der Waals surface area contributed by atoms with E-state index in [1.54, 1.807) is 13.0 Å². The summed E-state index contributed by atoms with van der Waals surface area (Å²) < 4.78 is 11.1. The Morgan fingerprint density at radius 1 is 1.40 bits per heavy atom. The molecule has 6 heteroatoms. The topological polar surface area (TPSA) is 77.2 Å². The molecule has 132 valence electrons. The number of ether oxygens (including phenoxy) is 1. The van der Waals surface area contributed by atoms with E-state index in [0.717, 1.165) is 25.9 Å². The van der Waals surface area contributed by atoms with Crippen molar-refractivity contribution in [3.63, 3.8) is 0 Å². The summed E-state index contributed by atoms with van der Waals surface area (Å²) in [4.78, 5) is 17.2. The lowest BCUT2D eigenvalue weighted by molar-refractivity contribution is -0.169. The Labute approximate surface area is 147 Å². The third-order valence-corrected chi connectivity index (χ3v) is 5.67. The Kier molecular flexibility index (Phi) is 4.07. The van der Waals surface area contributed by atoms with E-state index >= 15 is 0 Å². The smallest absolute Gasteiger partial charge is 0.258 e. The molecule has 0 unspecified atom stereocenters. The standard InChI is InChI=1S/C19H23N3O3/c1-3-24-16-11-15(19(16)9-6-10-19)21-17(23)13-7-4-5-8-14(13)18-20-12(2)22-25-18/h4-5,7-8,15-16H,3,6,9-11H2,1-2H3,(H,21,23)/t15-,16+/m0/s1. The molecule has 0 radical (unpaired) electrons. The molecule has 2 aromatic rings. The number of carbonyl (C=O) groups is 1. The van der Waals surface area contributed by atoms with Gasteiger partial charge in [-0.15, -0.1) is 0 Å². The van der Waals surface area contributed by atoms with Gasteiger partial charge in [-0.2, -0.15) is 4.98 Å². The van der Waals surface area contributed by atoms with Gasteiger partial charge in [0.05, 0.1) is 17.2 Å². The normalized spacial score (nSPS) is 23.8. The first-order valence-corrected chi connectivity index (χ1v) is 8.96. The lowest BCUT2D eigenvalue weighted by Gasteiger charge is -2.61. The van der Waals surface area contributed by atoms with Gasteiger partial charge in [-0.3, -0.25) is 4.79 Å². The van der Waals surface area contributed by atoms with Crippen LogP contribution in [-0.4, -0.2) is 34.8 Å². The van der Waals surface area contributed by atoms with Crippen LogP contribution >= 0.6 is 0 Å². The maximum atomic E-state index is 12.9. The van der Waals surface area contributed by atoms with Gasteiger partial charge in [0, 0.05) is 18.1 Å². The van der Waals surface area contributed by atoms with Crippen LogP contribution in [0.2, 0.25) is 0 Å². The third-order valence-electron chi connectivity index (χ3n) is 5.67. The molecular weight excluding hydrogens is 318 g/mol. The second-order valence-corrected chi connectivity index (χ2v) is 6.98. The van der Waals surface area contributed by atoms with Crippen molar-refractivity contribution in [2.75, 3.05) is 6.61 Å².